The average Bonchev–Trinajstić information content (AvgIpc) is 2.79. The zero-order chi connectivity index (χ0) is 12.5. The Hall–Kier alpha value is -1.01. The fourth-order valence-electron chi connectivity index (χ4n) is 2.40. The van der Waals surface area contributed by atoms with Gasteiger partial charge in [0.05, 0.1) is 12.5 Å². The Morgan fingerprint density at radius 2 is 2.06 bits per heavy atom. The standard InChI is InChI=1S/C14H25N3/c1-3-17(4-2)12-9-13-7-5-8-14(13)16-11-6-10-15/h16H,3-9,11-12H2,1-2H3. The maximum absolute atomic E-state index is 8.53. The van der Waals surface area contributed by atoms with Gasteiger partial charge in [-0.05, 0) is 44.3 Å². The zero-order valence-corrected chi connectivity index (χ0v) is 11.3. The molecule has 0 spiro atoms. The van der Waals surface area contributed by atoms with Crippen LogP contribution in [0.4, 0.5) is 0 Å². The van der Waals surface area contributed by atoms with E-state index in [1.807, 2.05) is 0 Å². The van der Waals surface area contributed by atoms with Gasteiger partial charge in [0, 0.05) is 18.8 Å². The Labute approximate surface area is 105 Å². The third kappa shape index (κ3) is 4.79. The van der Waals surface area contributed by atoms with Crippen LogP contribution < -0.4 is 5.32 Å². The predicted octanol–water partition coefficient (Wildman–Crippen LogP) is 2.66. The van der Waals surface area contributed by atoms with Crippen molar-refractivity contribution in [3.05, 3.63) is 11.3 Å². The van der Waals surface area contributed by atoms with Crippen LogP contribution in [0.15, 0.2) is 11.3 Å². The highest BCUT2D eigenvalue weighted by atomic mass is 15.1. The first-order chi connectivity index (χ1) is 8.31. The van der Waals surface area contributed by atoms with E-state index in [9.17, 15) is 0 Å². The van der Waals surface area contributed by atoms with Crippen LogP contribution in [0.5, 0.6) is 0 Å². The lowest BCUT2D eigenvalue weighted by atomic mass is 10.1. The maximum Gasteiger partial charge on any atom is 0.0640 e. The van der Waals surface area contributed by atoms with Gasteiger partial charge in [0.1, 0.15) is 0 Å². The van der Waals surface area contributed by atoms with Gasteiger partial charge < -0.3 is 10.2 Å². The van der Waals surface area contributed by atoms with E-state index in [0.29, 0.717) is 6.42 Å². The summed E-state index contributed by atoms with van der Waals surface area (Å²) in [6.07, 6.45) is 5.50. The molecule has 0 aromatic carbocycles. The van der Waals surface area contributed by atoms with Gasteiger partial charge in [0.15, 0.2) is 0 Å². The molecule has 3 heteroatoms. The van der Waals surface area contributed by atoms with E-state index in [4.69, 9.17) is 5.26 Å². The van der Waals surface area contributed by atoms with Crippen LogP contribution in [0.25, 0.3) is 0 Å². The lowest BCUT2D eigenvalue weighted by Gasteiger charge is -2.19. The summed E-state index contributed by atoms with van der Waals surface area (Å²) in [5.41, 5.74) is 3.02. The van der Waals surface area contributed by atoms with Crippen molar-refractivity contribution in [2.75, 3.05) is 26.2 Å². The molecule has 96 valence electrons. The summed E-state index contributed by atoms with van der Waals surface area (Å²) in [7, 11) is 0. The summed E-state index contributed by atoms with van der Waals surface area (Å²) in [4.78, 5) is 2.47. The number of nitrogens with one attached hydrogen (secondary N) is 1. The molecule has 0 aromatic rings. The second-order valence-electron chi connectivity index (χ2n) is 4.55. The van der Waals surface area contributed by atoms with Gasteiger partial charge in [0.25, 0.3) is 0 Å². The Balaban J connectivity index is 2.38. The first kappa shape index (κ1) is 14.1. The Bertz CT molecular complexity index is 284. The molecule has 1 aliphatic carbocycles. The van der Waals surface area contributed by atoms with Crippen molar-refractivity contribution in [2.45, 2.75) is 46.0 Å². The number of rotatable bonds is 8. The highest BCUT2D eigenvalue weighted by Crippen LogP contribution is 2.26. The van der Waals surface area contributed by atoms with Gasteiger partial charge in [-0.25, -0.2) is 0 Å². The van der Waals surface area contributed by atoms with Crippen LogP contribution in [-0.2, 0) is 0 Å². The van der Waals surface area contributed by atoms with Gasteiger partial charge in [-0.2, -0.15) is 5.26 Å². The molecule has 0 amide bonds. The molecule has 3 nitrogen and oxygen atoms in total. The van der Waals surface area contributed by atoms with E-state index in [1.165, 1.54) is 37.9 Å². The van der Waals surface area contributed by atoms with Crippen LogP contribution in [0.1, 0.15) is 46.0 Å². The number of hydrogen-bond acceptors (Lipinski definition) is 3. The third-order valence-electron chi connectivity index (χ3n) is 3.53. The quantitative estimate of drug-likeness (QED) is 0.657. The molecule has 0 radical (unpaired) electrons. The molecular formula is C14H25N3. The van der Waals surface area contributed by atoms with Crippen molar-refractivity contribution in [1.82, 2.24) is 10.2 Å². The number of allylic oxidation sites excluding steroid dienone is 1. The molecule has 1 rings (SSSR count). The van der Waals surface area contributed by atoms with Crippen molar-refractivity contribution in [2.24, 2.45) is 0 Å². The molecule has 0 fully saturated rings. The van der Waals surface area contributed by atoms with E-state index in [2.05, 4.69) is 30.1 Å². The number of hydrogen-bond donors (Lipinski definition) is 1. The van der Waals surface area contributed by atoms with Gasteiger partial charge in [-0.15, -0.1) is 0 Å². The normalized spacial score (nSPS) is 15.4. The third-order valence-corrected chi connectivity index (χ3v) is 3.53. The molecule has 0 saturated carbocycles. The Kier molecular flexibility index (Phi) is 6.73. The van der Waals surface area contributed by atoms with Crippen LogP contribution in [0, 0.1) is 11.3 Å². The van der Waals surface area contributed by atoms with Gasteiger partial charge >= 0.3 is 0 Å². The summed E-state index contributed by atoms with van der Waals surface area (Å²) in [5.74, 6) is 0. The molecular weight excluding hydrogens is 210 g/mol. The van der Waals surface area contributed by atoms with Gasteiger partial charge in [-0.1, -0.05) is 13.8 Å². The Morgan fingerprint density at radius 3 is 2.71 bits per heavy atom. The topological polar surface area (TPSA) is 39.1 Å². The fourth-order valence-corrected chi connectivity index (χ4v) is 2.40. The number of nitriles is 1. The van der Waals surface area contributed by atoms with Crippen molar-refractivity contribution >= 4 is 0 Å². The Morgan fingerprint density at radius 1 is 1.29 bits per heavy atom. The molecule has 0 heterocycles. The minimum absolute atomic E-state index is 0.604. The monoisotopic (exact) mass is 235 g/mol. The molecule has 0 unspecified atom stereocenters. The van der Waals surface area contributed by atoms with Crippen LogP contribution in [0.2, 0.25) is 0 Å². The second-order valence-corrected chi connectivity index (χ2v) is 4.55. The van der Waals surface area contributed by atoms with E-state index in [1.54, 1.807) is 5.57 Å². The highest BCUT2D eigenvalue weighted by molar-refractivity contribution is 5.18. The van der Waals surface area contributed by atoms with E-state index >= 15 is 0 Å². The van der Waals surface area contributed by atoms with Gasteiger partial charge in [0.2, 0.25) is 0 Å². The summed E-state index contributed by atoms with van der Waals surface area (Å²) in [5, 5.41) is 12.0. The highest BCUT2D eigenvalue weighted by Gasteiger charge is 2.14. The second kappa shape index (κ2) is 8.14. The molecule has 1 aliphatic rings. The van der Waals surface area contributed by atoms with Crippen molar-refractivity contribution in [3.8, 4) is 6.07 Å². The molecule has 1 N–H and O–H groups in total. The first-order valence-electron chi connectivity index (χ1n) is 6.85. The number of nitrogens with zero attached hydrogens (tertiary/aromatic N) is 2. The minimum Gasteiger partial charge on any atom is -0.387 e. The molecule has 0 aromatic heterocycles. The van der Waals surface area contributed by atoms with Crippen LogP contribution in [-0.4, -0.2) is 31.1 Å². The van der Waals surface area contributed by atoms with Crippen molar-refractivity contribution in [1.29, 1.82) is 5.26 Å². The zero-order valence-electron chi connectivity index (χ0n) is 11.3. The molecule has 0 saturated heterocycles. The average molecular weight is 235 g/mol. The maximum atomic E-state index is 8.53. The summed E-state index contributed by atoms with van der Waals surface area (Å²) in [6.45, 7) is 8.70. The molecule has 0 atom stereocenters. The lowest BCUT2D eigenvalue weighted by Crippen LogP contribution is -2.24. The summed E-state index contributed by atoms with van der Waals surface area (Å²) >= 11 is 0. The minimum atomic E-state index is 0.604. The molecule has 0 bridgehead atoms. The molecule has 17 heavy (non-hydrogen) atoms. The van der Waals surface area contributed by atoms with Crippen LogP contribution in [0.3, 0.4) is 0 Å². The van der Waals surface area contributed by atoms with Crippen molar-refractivity contribution in [3.63, 3.8) is 0 Å². The van der Waals surface area contributed by atoms with E-state index in [0.717, 1.165) is 19.6 Å². The first-order valence-corrected chi connectivity index (χ1v) is 6.85. The summed E-state index contributed by atoms with van der Waals surface area (Å²) < 4.78 is 0. The SMILES string of the molecule is CCN(CC)CCC1=C(NCCC#N)CCC1. The molecule has 0 aliphatic heterocycles. The van der Waals surface area contributed by atoms with Gasteiger partial charge in [-0.3, -0.25) is 0 Å². The predicted molar refractivity (Wildman–Crippen MR) is 71.5 cm³/mol. The van der Waals surface area contributed by atoms with Crippen LogP contribution >= 0.6 is 0 Å². The van der Waals surface area contributed by atoms with Crippen molar-refractivity contribution < 1.29 is 0 Å². The summed E-state index contributed by atoms with van der Waals surface area (Å²) in [6, 6.07) is 2.18. The van der Waals surface area contributed by atoms with E-state index in [-0.39, 0.29) is 0 Å². The lowest BCUT2D eigenvalue weighted by molar-refractivity contribution is 0.306. The van der Waals surface area contributed by atoms with E-state index < -0.39 is 0 Å². The fraction of sp³-hybridized carbons (Fsp3) is 0.786. The largest absolute Gasteiger partial charge is 0.387 e. The smallest absolute Gasteiger partial charge is 0.0640 e.